The maximum absolute atomic E-state index is 11.2. The summed E-state index contributed by atoms with van der Waals surface area (Å²) in [6, 6.07) is 3.57. The number of aromatic nitrogens is 2. The van der Waals surface area contributed by atoms with Gasteiger partial charge in [-0.2, -0.15) is 0 Å². The zero-order valence-electron chi connectivity index (χ0n) is 9.97. The molecule has 0 saturated carbocycles. The van der Waals surface area contributed by atoms with Gasteiger partial charge in [-0.1, -0.05) is 11.6 Å². The predicted molar refractivity (Wildman–Crippen MR) is 73.7 cm³/mol. The zero-order valence-corrected chi connectivity index (χ0v) is 11.5. The number of pyridine rings is 1. The number of rotatable bonds is 2. The number of carboxylic acid groups (broad SMARTS) is 1. The number of halogens is 1. The Morgan fingerprint density at radius 2 is 2.32 bits per heavy atom. The van der Waals surface area contributed by atoms with Gasteiger partial charge in [-0.05, 0) is 31.4 Å². The van der Waals surface area contributed by atoms with Crippen molar-refractivity contribution >= 4 is 28.9 Å². The smallest absolute Gasteiger partial charge is 0.312 e. The van der Waals surface area contributed by atoms with E-state index in [0.717, 1.165) is 34.1 Å². The van der Waals surface area contributed by atoms with Crippen LogP contribution in [0.4, 0.5) is 0 Å². The molecule has 1 aliphatic rings. The Kier molecular flexibility index (Phi) is 3.24. The number of carbonyl (C=O) groups is 1. The van der Waals surface area contributed by atoms with Crippen molar-refractivity contribution in [1.82, 2.24) is 9.97 Å². The molecular formula is C13H11ClN2O2S. The Labute approximate surface area is 119 Å². The van der Waals surface area contributed by atoms with E-state index >= 15 is 0 Å². The molecule has 1 atom stereocenters. The molecular weight excluding hydrogens is 284 g/mol. The van der Waals surface area contributed by atoms with Crippen LogP contribution < -0.4 is 0 Å². The number of aliphatic carboxylic acids is 1. The molecule has 4 nitrogen and oxygen atoms in total. The quantitative estimate of drug-likeness (QED) is 0.922. The summed E-state index contributed by atoms with van der Waals surface area (Å²) in [5.74, 6) is -1.26. The second-order valence-electron chi connectivity index (χ2n) is 4.47. The highest BCUT2D eigenvalue weighted by molar-refractivity contribution is 7.15. The number of aryl methyl sites for hydroxylation is 1. The summed E-state index contributed by atoms with van der Waals surface area (Å²) in [5.41, 5.74) is 1.46. The van der Waals surface area contributed by atoms with Crippen LogP contribution in [0.25, 0.3) is 10.7 Å². The van der Waals surface area contributed by atoms with Crippen molar-refractivity contribution in [1.29, 1.82) is 0 Å². The number of nitrogens with zero attached hydrogens (tertiary/aromatic N) is 2. The van der Waals surface area contributed by atoms with E-state index in [1.807, 2.05) is 6.07 Å². The molecule has 3 rings (SSSR count). The number of thiazole rings is 1. The van der Waals surface area contributed by atoms with Crippen LogP contribution in [0, 0.1) is 0 Å². The SMILES string of the molecule is O=C(O)C1CCCc2sc(-c3ccc(Cl)cn3)nc21. The van der Waals surface area contributed by atoms with E-state index < -0.39 is 11.9 Å². The van der Waals surface area contributed by atoms with Gasteiger partial charge in [-0.3, -0.25) is 9.78 Å². The number of hydrogen-bond donors (Lipinski definition) is 1. The molecule has 1 N–H and O–H groups in total. The molecule has 2 heterocycles. The standard InChI is InChI=1S/C13H11ClN2O2S/c14-7-4-5-9(15-6-7)12-16-11-8(13(17)18)2-1-3-10(11)19-12/h4-6,8H,1-3H2,(H,17,18). The minimum atomic E-state index is -0.790. The predicted octanol–water partition coefficient (Wildman–Crippen LogP) is 3.36. The Morgan fingerprint density at radius 1 is 1.47 bits per heavy atom. The molecule has 0 saturated heterocycles. The van der Waals surface area contributed by atoms with Gasteiger partial charge >= 0.3 is 5.97 Å². The molecule has 0 bridgehead atoms. The van der Waals surface area contributed by atoms with Crippen molar-refractivity contribution in [3.05, 3.63) is 33.9 Å². The van der Waals surface area contributed by atoms with Gasteiger partial charge in [0.05, 0.1) is 16.4 Å². The molecule has 0 amide bonds. The molecule has 2 aromatic rings. The first-order valence-electron chi connectivity index (χ1n) is 5.99. The summed E-state index contributed by atoms with van der Waals surface area (Å²) in [4.78, 5) is 21.0. The Bertz CT molecular complexity index is 624. The maximum Gasteiger partial charge on any atom is 0.312 e. The van der Waals surface area contributed by atoms with Crippen LogP contribution in [-0.4, -0.2) is 21.0 Å². The Morgan fingerprint density at radius 3 is 3.00 bits per heavy atom. The molecule has 0 aromatic carbocycles. The molecule has 98 valence electrons. The third kappa shape index (κ3) is 2.35. The van der Waals surface area contributed by atoms with Gasteiger partial charge in [0.2, 0.25) is 0 Å². The molecule has 0 aliphatic heterocycles. The molecule has 1 aliphatic carbocycles. The monoisotopic (exact) mass is 294 g/mol. The van der Waals surface area contributed by atoms with E-state index in [1.54, 1.807) is 12.3 Å². The first kappa shape index (κ1) is 12.6. The molecule has 0 spiro atoms. The third-order valence-electron chi connectivity index (χ3n) is 3.20. The van der Waals surface area contributed by atoms with Crippen LogP contribution in [0.3, 0.4) is 0 Å². The van der Waals surface area contributed by atoms with Crippen molar-refractivity contribution in [2.24, 2.45) is 0 Å². The van der Waals surface area contributed by atoms with Crippen LogP contribution in [-0.2, 0) is 11.2 Å². The molecule has 1 unspecified atom stereocenters. The molecule has 19 heavy (non-hydrogen) atoms. The highest BCUT2D eigenvalue weighted by Crippen LogP contribution is 2.37. The van der Waals surface area contributed by atoms with E-state index in [2.05, 4.69) is 9.97 Å². The van der Waals surface area contributed by atoms with E-state index in [9.17, 15) is 9.90 Å². The van der Waals surface area contributed by atoms with Crippen molar-refractivity contribution in [2.75, 3.05) is 0 Å². The summed E-state index contributed by atoms with van der Waals surface area (Å²) >= 11 is 7.34. The van der Waals surface area contributed by atoms with Gasteiger partial charge in [0.25, 0.3) is 0 Å². The second-order valence-corrected chi connectivity index (χ2v) is 5.99. The van der Waals surface area contributed by atoms with Crippen molar-refractivity contribution in [3.63, 3.8) is 0 Å². The van der Waals surface area contributed by atoms with Crippen LogP contribution in [0.5, 0.6) is 0 Å². The van der Waals surface area contributed by atoms with Gasteiger partial charge in [-0.25, -0.2) is 4.98 Å². The first-order valence-corrected chi connectivity index (χ1v) is 7.19. The van der Waals surface area contributed by atoms with Gasteiger partial charge in [0, 0.05) is 11.1 Å². The Hall–Kier alpha value is -1.46. The lowest BCUT2D eigenvalue weighted by Crippen LogP contribution is -2.17. The zero-order chi connectivity index (χ0) is 13.4. The largest absolute Gasteiger partial charge is 0.481 e. The molecule has 0 fully saturated rings. The maximum atomic E-state index is 11.2. The topological polar surface area (TPSA) is 63.1 Å². The van der Waals surface area contributed by atoms with Crippen LogP contribution in [0.1, 0.15) is 29.3 Å². The van der Waals surface area contributed by atoms with Gasteiger partial charge in [0.15, 0.2) is 0 Å². The highest BCUT2D eigenvalue weighted by Gasteiger charge is 2.30. The molecule has 0 radical (unpaired) electrons. The van der Waals surface area contributed by atoms with E-state index in [4.69, 9.17) is 11.6 Å². The fourth-order valence-corrected chi connectivity index (χ4v) is 3.52. The lowest BCUT2D eigenvalue weighted by molar-refractivity contribution is -0.139. The van der Waals surface area contributed by atoms with Crippen LogP contribution in [0.2, 0.25) is 5.02 Å². The normalized spacial score (nSPS) is 18.1. The highest BCUT2D eigenvalue weighted by atomic mass is 35.5. The molecule has 6 heteroatoms. The second kappa shape index (κ2) is 4.90. The summed E-state index contributed by atoms with van der Waals surface area (Å²) in [7, 11) is 0. The fourth-order valence-electron chi connectivity index (χ4n) is 2.27. The van der Waals surface area contributed by atoms with Crippen molar-refractivity contribution in [2.45, 2.75) is 25.2 Å². The van der Waals surface area contributed by atoms with Crippen molar-refractivity contribution < 1.29 is 9.90 Å². The summed E-state index contributed by atoms with van der Waals surface area (Å²) < 4.78 is 0. The Balaban J connectivity index is 2.02. The van der Waals surface area contributed by atoms with Crippen LogP contribution >= 0.6 is 22.9 Å². The summed E-state index contributed by atoms with van der Waals surface area (Å²) in [6.07, 6.45) is 4.05. The van der Waals surface area contributed by atoms with E-state index in [-0.39, 0.29) is 0 Å². The minimum Gasteiger partial charge on any atom is -0.481 e. The number of carboxylic acids is 1. The average molecular weight is 295 g/mol. The lowest BCUT2D eigenvalue weighted by atomic mass is 9.91. The third-order valence-corrected chi connectivity index (χ3v) is 4.58. The van der Waals surface area contributed by atoms with E-state index in [0.29, 0.717) is 11.4 Å². The summed E-state index contributed by atoms with van der Waals surface area (Å²) in [5, 5.41) is 10.6. The van der Waals surface area contributed by atoms with E-state index in [1.165, 1.54) is 11.3 Å². The molecule has 2 aromatic heterocycles. The lowest BCUT2D eigenvalue weighted by Gasteiger charge is -2.16. The number of hydrogen-bond acceptors (Lipinski definition) is 4. The average Bonchev–Trinajstić information content (AvgIpc) is 2.82. The summed E-state index contributed by atoms with van der Waals surface area (Å²) in [6.45, 7) is 0. The number of fused-ring (bicyclic) bond motifs is 1. The van der Waals surface area contributed by atoms with Gasteiger partial charge in [-0.15, -0.1) is 11.3 Å². The van der Waals surface area contributed by atoms with Gasteiger partial charge < -0.3 is 5.11 Å². The minimum absolute atomic E-state index is 0.471. The first-order chi connectivity index (χ1) is 9.15. The van der Waals surface area contributed by atoms with Gasteiger partial charge in [0.1, 0.15) is 10.9 Å². The van der Waals surface area contributed by atoms with Crippen molar-refractivity contribution in [3.8, 4) is 10.7 Å². The fraction of sp³-hybridized carbons (Fsp3) is 0.308. The van der Waals surface area contributed by atoms with Crippen LogP contribution in [0.15, 0.2) is 18.3 Å².